The monoisotopic (exact) mass is 321 g/mol. The van der Waals surface area contributed by atoms with Crippen molar-refractivity contribution in [3.63, 3.8) is 0 Å². The van der Waals surface area contributed by atoms with Gasteiger partial charge in [-0.25, -0.2) is 0 Å². The first kappa shape index (κ1) is 14.2. The summed E-state index contributed by atoms with van der Waals surface area (Å²) >= 11 is 11.9. The van der Waals surface area contributed by atoms with Crippen molar-refractivity contribution in [2.45, 2.75) is 12.5 Å². The van der Waals surface area contributed by atoms with Gasteiger partial charge >= 0.3 is 0 Å². The number of ether oxygens (including phenoxy) is 1. The molecule has 1 aliphatic heterocycles. The number of hydrogen-bond donors (Lipinski definition) is 1. The number of fused-ring (bicyclic) bond motifs is 1. The maximum atomic E-state index is 12.4. The van der Waals surface area contributed by atoms with E-state index in [4.69, 9.17) is 27.9 Å². The van der Waals surface area contributed by atoms with Gasteiger partial charge in [-0.05, 0) is 24.3 Å². The van der Waals surface area contributed by atoms with Crippen LogP contribution < -0.4 is 10.1 Å². The van der Waals surface area contributed by atoms with E-state index in [-0.39, 0.29) is 11.9 Å². The molecule has 0 aromatic heterocycles. The van der Waals surface area contributed by atoms with Gasteiger partial charge in [0.05, 0.1) is 23.2 Å². The average Bonchev–Trinajstić information content (AvgIpc) is 2.47. The molecule has 1 amide bonds. The van der Waals surface area contributed by atoms with Crippen LogP contribution in [-0.2, 0) is 0 Å². The third-order valence-electron chi connectivity index (χ3n) is 3.44. The Morgan fingerprint density at radius 2 is 2.00 bits per heavy atom. The van der Waals surface area contributed by atoms with Crippen LogP contribution in [0.1, 0.15) is 28.4 Å². The molecule has 1 N–H and O–H groups in total. The molecule has 1 atom stereocenters. The number of benzene rings is 2. The molecule has 0 bridgehead atoms. The molecule has 0 saturated carbocycles. The topological polar surface area (TPSA) is 38.3 Å². The van der Waals surface area contributed by atoms with Gasteiger partial charge in [-0.1, -0.05) is 41.4 Å². The second kappa shape index (κ2) is 5.96. The molecule has 3 rings (SSSR count). The average molecular weight is 322 g/mol. The van der Waals surface area contributed by atoms with Gasteiger partial charge in [-0.3, -0.25) is 4.79 Å². The van der Waals surface area contributed by atoms with Crippen molar-refractivity contribution in [1.82, 2.24) is 5.32 Å². The lowest BCUT2D eigenvalue weighted by Crippen LogP contribution is -2.32. The van der Waals surface area contributed by atoms with Crippen molar-refractivity contribution in [2.24, 2.45) is 0 Å². The zero-order valence-electron chi connectivity index (χ0n) is 11.1. The maximum Gasteiger partial charge on any atom is 0.253 e. The van der Waals surface area contributed by atoms with Crippen LogP contribution in [0.5, 0.6) is 5.75 Å². The Bertz CT molecular complexity index is 688. The minimum absolute atomic E-state index is 0.0748. The van der Waals surface area contributed by atoms with Crippen molar-refractivity contribution >= 4 is 29.1 Å². The molecule has 1 heterocycles. The van der Waals surface area contributed by atoms with Gasteiger partial charge in [-0.15, -0.1) is 0 Å². The fraction of sp³-hybridized carbons (Fsp3) is 0.188. The van der Waals surface area contributed by atoms with E-state index in [0.29, 0.717) is 22.2 Å². The van der Waals surface area contributed by atoms with E-state index in [9.17, 15) is 4.79 Å². The Hall–Kier alpha value is -1.71. The lowest BCUT2D eigenvalue weighted by Gasteiger charge is -2.26. The van der Waals surface area contributed by atoms with E-state index < -0.39 is 0 Å². The molecule has 0 unspecified atom stereocenters. The summed E-state index contributed by atoms with van der Waals surface area (Å²) < 4.78 is 5.59. The number of halogens is 2. The quantitative estimate of drug-likeness (QED) is 0.898. The summed E-state index contributed by atoms with van der Waals surface area (Å²) in [6.07, 6.45) is 0.730. The number of amides is 1. The van der Waals surface area contributed by atoms with Gasteiger partial charge in [0.1, 0.15) is 5.75 Å². The summed E-state index contributed by atoms with van der Waals surface area (Å²) in [6.45, 7) is 0.580. The summed E-state index contributed by atoms with van der Waals surface area (Å²) in [5.74, 6) is 0.606. The van der Waals surface area contributed by atoms with Crippen molar-refractivity contribution in [1.29, 1.82) is 0 Å². The smallest absolute Gasteiger partial charge is 0.253 e. The fourth-order valence-corrected chi connectivity index (χ4v) is 2.90. The van der Waals surface area contributed by atoms with Gasteiger partial charge < -0.3 is 10.1 Å². The van der Waals surface area contributed by atoms with Gasteiger partial charge in [0, 0.05) is 17.0 Å². The highest BCUT2D eigenvalue weighted by Crippen LogP contribution is 2.32. The van der Waals surface area contributed by atoms with Crippen LogP contribution >= 0.6 is 23.2 Å². The SMILES string of the molecule is O=C(N[C@@H]1CCOc2ccccc21)c1ccc(Cl)cc1Cl. The summed E-state index contributed by atoms with van der Waals surface area (Å²) in [4.78, 5) is 12.4. The molecule has 2 aromatic rings. The van der Waals surface area contributed by atoms with E-state index >= 15 is 0 Å². The molecule has 0 radical (unpaired) electrons. The molecule has 0 fully saturated rings. The van der Waals surface area contributed by atoms with Gasteiger partial charge in [-0.2, -0.15) is 0 Å². The molecule has 0 aliphatic carbocycles. The van der Waals surface area contributed by atoms with Crippen molar-refractivity contribution in [3.8, 4) is 5.75 Å². The second-order valence-electron chi connectivity index (χ2n) is 4.83. The molecule has 1 aliphatic rings. The molecule has 3 nitrogen and oxygen atoms in total. The highest BCUT2D eigenvalue weighted by Gasteiger charge is 2.23. The Morgan fingerprint density at radius 3 is 2.81 bits per heavy atom. The first-order valence-corrected chi connectivity index (χ1v) is 7.38. The molecule has 5 heteroatoms. The lowest BCUT2D eigenvalue weighted by atomic mass is 10.00. The number of rotatable bonds is 2. The van der Waals surface area contributed by atoms with Gasteiger partial charge in [0.15, 0.2) is 0 Å². The zero-order valence-corrected chi connectivity index (χ0v) is 12.6. The minimum Gasteiger partial charge on any atom is -0.493 e. The number of carbonyl (C=O) groups excluding carboxylic acids is 1. The highest BCUT2D eigenvalue weighted by atomic mass is 35.5. The Morgan fingerprint density at radius 1 is 1.19 bits per heavy atom. The van der Waals surface area contributed by atoms with Crippen LogP contribution in [0, 0.1) is 0 Å². The van der Waals surface area contributed by atoms with Crippen LogP contribution in [0.15, 0.2) is 42.5 Å². The van der Waals surface area contributed by atoms with Gasteiger partial charge in [0.2, 0.25) is 0 Å². The zero-order chi connectivity index (χ0) is 14.8. The highest BCUT2D eigenvalue weighted by molar-refractivity contribution is 6.36. The summed E-state index contributed by atoms with van der Waals surface area (Å²) in [6, 6.07) is 12.5. The Labute approximate surface area is 132 Å². The molecule has 0 saturated heterocycles. The molecular formula is C16H13Cl2NO2. The molecular weight excluding hydrogens is 309 g/mol. The Kier molecular flexibility index (Phi) is 4.04. The fourth-order valence-electron chi connectivity index (χ4n) is 2.40. The van der Waals surface area contributed by atoms with E-state index in [1.54, 1.807) is 18.2 Å². The maximum absolute atomic E-state index is 12.4. The third kappa shape index (κ3) is 2.99. The minimum atomic E-state index is -0.210. The van der Waals surface area contributed by atoms with Crippen molar-refractivity contribution < 1.29 is 9.53 Å². The predicted molar refractivity (Wildman–Crippen MR) is 83.2 cm³/mol. The first-order chi connectivity index (χ1) is 10.1. The number of nitrogens with one attached hydrogen (secondary N) is 1. The number of carbonyl (C=O) groups is 1. The van der Waals surface area contributed by atoms with E-state index in [2.05, 4.69) is 5.32 Å². The summed E-state index contributed by atoms with van der Waals surface area (Å²) in [7, 11) is 0. The van der Waals surface area contributed by atoms with Gasteiger partial charge in [0.25, 0.3) is 5.91 Å². The summed E-state index contributed by atoms with van der Waals surface area (Å²) in [5.41, 5.74) is 1.41. The predicted octanol–water partition coefficient (Wildman–Crippen LogP) is 4.25. The second-order valence-corrected chi connectivity index (χ2v) is 5.67. The van der Waals surface area contributed by atoms with Crippen molar-refractivity contribution in [2.75, 3.05) is 6.61 Å². The van der Waals surface area contributed by atoms with E-state index in [0.717, 1.165) is 17.7 Å². The normalized spacial score (nSPS) is 16.8. The number of para-hydroxylation sites is 1. The standard InChI is InChI=1S/C16H13Cl2NO2/c17-10-5-6-11(13(18)9-10)16(20)19-14-7-8-21-15-4-2-1-3-12(14)15/h1-6,9,14H,7-8H2,(H,19,20)/t14-/m1/s1. The molecule has 0 spiro atoms. The van der Waals surface area contributed by atoms with Crippen LogP contribution in [0.4, 0.5) is 0 Å². The molecule has 2 aromatic carbocycles. The van der Waals surface area contributed by atoms with Crippen molar-refractivity contribution in [3.05, 3.63) is 63.6 Å². The summed E-state index contributed by atoms with van der Waals surface area (Å²) in [5, 5.41) is 3.86. The van der Waals surface area contributed by atoms with Crippen LogP contribution in [0.3, 0.4) is 0 Å². The largest absolute Gasteiger partial charge is 0.493 e. The van der Waals surface area contributed by atoms with Crippen LogP contribution in [-0.4, -0.2) is 12.5 Å². The first-order valence-electron chi connectivity index (χ1n) is 6.63. The van der Waals surface area contributed by atoms with E-state index in [1.165, 1.54) is 0 Å². The lowest BCUT2D eigenvalue weighted by molar-refractivity contribution is 0.0925. The number of hydrogen-bond acceptors (Lipinski definition) is 2. The third-order valence-corrected chi connectivity index (χ3v) is 3.99. The Balaban J connectivity index is 1.83. The van der Waals surface area contributed by atoms with Crippen LogP contribution in [0.2, 0.25) is 10.0 Å². The molecule has 108 valence electrons. The van der Waals surface area contributed by atoms with Crippen LogP contribution in [0.25, 0.3) is 0 Å². The molecule has 21 heavy (non-hydrogen) atoms. The van der Waals surface area contributed by atoms with E-state index in [1.807, 2.05) is 24.3 Å².